The van der Waals surface area contributed by atoms with Crippen molar-refractivity contribution in [2.24, 2.45) is 0 Å². The standard InChI is InChI=1S/C15H14N2O4S2/c1-10(12-5-3-11(9-16)4-6-12)17-23(19,20)13-7-8-22-14(13)15(18)21-2/h3-8,10,17H,1-2H3. The highest BCUT2D eigenvalue weighted by Gasteiger charge is 2.26. The second-order valence-electron chi connectivity index (χ2n) is 4.68. The summed E-state index contributed by atoms with van der Waals surface area (Å²) >= 11 is 1.01. The van der Waals surface area contributed by atoms with Gasteiger partial charge < -0.3 is 4.74 Å². The average molecular weight is 350 g/mol. The highest BCUT2D eigenvalue weighted by molar-refractivity contribution is 7.89. The van der Waals surface area contributed by atoms with E-state index >= 15 is 0 Å². The van der Waals surface area contributed by atoms with Crippen LogP contribution in [0.3, 0.4) is 0 Å². The number of nitriles is 1. The number of methoxy groups -OCH3 is 1. The molecular formula is C15H14N2O4S2. The molecule has 2 aromatic rings. The molecule has 6 nitrogen and oxygen atoms in total. The Bertz CT molecular complexity index is 848. The van der Waals surface area contributed by atoms with Crippen LogP contribution in [-0.2, 0) is 14.8 Å². The minimum absolute atomic E-state index is 0.0343. The van der Waals surface area contributed by atoms with Crippen LogP contribution >= 0.6 is 11.3 Å². The lowest BCUT2D eigenvalue weighted by Gasteiger charge is -2.14. The van der Waals surface area contributed by atoms with Crippen molar-refractivity contribution in [3.63, 3.8) is 0 Å². The van der Waals surface area contributed by atoms with Gasteiger partial charge in [-0.2, -0.15) is 5.26 Å². The van der Waals surface area contributed by atoms with Gasteiger partial charge in [0, 0.05) is 6.04 Å². The lowest BCUT2D eigenvalue weighted by molar-refractivity contribution is 0.0602. The van der Waals surface area contributed by atoms with E-state index in [1.54, 1.807) is 31.2 Å². The summed E-state index contributed by atoms with van der Waals surface area (Å²) in [5.41, 5.74) is 1.21. The Hall–Kier alpha value is -2.21. The molecule has 0 aliphatic rings. The third kappa shape index (κ3) is 3.76. The molecule has 0 amide bonds. The number of esters is 1. The van der Waals surface area contributed by atoms with Crippen molar-refractivity contribution in [2.45, 2.75) is 17.9 Å². The first kappa shape index (κ1) is 17.1. The molecule has 0 saturated carbocycles. The van der Waals surface area contributed by atoms with E-state index in [1.807, 2.05) is 6.07 Å². The van der Waals surface area contributed by atoms with Gasteiger partial charge in [-0.25, -0.2) is 17.9 Å². The van der Waals surface area contributed by atoms with Gasteiger partial charge in [0.15, 0.2) is 0 Å². The van der Waals surface area contributed by atoms with Crippen LogP contribution < -0.4 is 4.72 Å². The van der Waals surface area contributed by atoms with Gasteiger partial charge in [-0.15, -0.1) is 11.3 Å². The summed E-state index contributed by atoms with van der Waals surface area (Å²) in [5, 5.41) is 10.3. The first-order valence-electron chi connectivity index (χ1n) is 6.57. The Kier molecular flexibility index (Phi) is 5.15. The molecule has 0 aliphatic carbocycles. The highest BCUT2D eigenvalue weighted by atomic mass is 32.2. The number of rotatable bonds is 5. The van der Waals surface area contributed by atoms with E-state index in [2.05, 4.69) is 9.46 Å². The van der Waals surface area contributed by atoms with E-state index in [0.717, 1.165) is 11.3 Å². The monoisotopic (exact) mass is 350 g/mol. The topological polar surface area (TPSA) is 96.3 Å². The number of hydrogen-bond donors (Lipinski definition) is 1. The van der Waals surface area contributed by atoms with E-state index in [4.69, 9.17) is 5.26 Å². The number of hydrogen-bond acceptors (Lipinski definition) is 6. The van der Waals surface area contributed by atoms with Gasteiger partial charge in [-0.3, -0.25) is 0 Å². The van der Waals surface area contributed by atoms with Gasteiger partial charge in [0.05, 0.1) is 18.7 Å². The number of sulfonamides is 1. The third-order valence-electron chi connectivity index (χ3n) is 3.16. The summed E-state index contributed by atoms with van der Waals surface area (Å²) in [7, 11) is -2.67. The van der Waals surface area contributed by atoms with E-state index in [0.29, 0.717) is 11.1 Å². The van der Waals surface area contributed by atoms with E-state index in [9.17, 15) is 13.2 Å². The van der Waals surface area contributed by atoms with Gasteiger partial charge in [0.25, 0.3) is 0 Å². The number of nitrogens with zero attached hydrogens (tertiary/aromatic N) is 1. The normalized spacial score (nSPS) is 12.4. The van der Waals surface area contributed by atoms with Crippen molar-refractivity contribution < 1.29 is 17.9 Å². The molecule has 0 fully saturated rings. The quantitative estimate of drug-likeness (QED) is 0.836. The second kappa shape index (κ2) is 6.91. The molecule has 8 heteroatoms. The molecule has 0 spiro atoms. The van der Waals surface area contributed by atoms with E-state index in [-0.39, 0.29) is 9.77 Å². The number of benzene rings is 1. The summed E-state index contributed by atoms with van der Waals surface area (Å²) < 4.78 is 32.1. The molecule has 0 saturated heterocycles. The zero-order valence-corrected chi connectivity index (χ0v) is 14.1. The Balaban J connectivity index is 2.25. The number of carbonyl (C=O) groups excluding carboxylic acids is 1. The summed E-state index contributed by atoms with van der Waals surface area (Å²) in [4.78, 5) is 11.6. The summed E-state index contributed by atoms with van der Waals surface area (Å²) in [6, 6.07) is 9.45. The smallest absolute Gasteiger partial charge is 0.349 e. The van der Waals surface area contributed by atoms with Crippen LogP contribution in [-0.4, -0.2) is 21.5 Å². The zero-order chi connectivity index (χ0) is 17.0. The Morgan fingerprint density at radius 2 is 1.96 bits per heavy atom. The SMILES string of the molecule is COC(=O)c1sccc1S(=O)(=O)NC(C)c1ccc(C#N)cc1. The van der Waals surface area contributed by atoms with Gasteiger partial charge in [0.2, 0.25) is 10.0 Å². The predicted molar refractivity (Wildman–Crippen MR) is 85.6 cm³/mol. The van der Waals surface area contributed by atoms with Crippen molar-refractivity contribution >= 4 is 27.3 Å². The first-order chi connectivity index (χ1) is 10.9. The fourth-order valence-electron chi connectivity index (χ4n) is 1.96. The van der Waals surface area contributed by atoms with Crippen LogP contribution in [0.4, 0.5) is 0 Å². The molecule has 1 N–H and O–H groups in total. The van der Waals surface area contributed by atoms with Crippen LogP contribution in [0.5, 0.6) is 0 Å². The molecule has 120 valence electrons. The van der Waals surface area contributed by atoms with Gasteiger partial charge in [-0.05, 0) is 36.1 Å². The molecule has 1 aromatic heterocycles. The summed E-state index contributed by atoms with van der Waals surface area (Å²) in [6.07, 6.45) is 0. The lowest BCUT2D eigenvalue weighted by atomic mass is 10.1. The summed E-state index contributed by atoms with van der Waals surface area (Å²) in [5.74, 6) is -0.689. The van der Waals surface area contributed by atoms with Crippen molar-refractivity contribution in [3.05, 3.63) is 51.7 Å². The number of carbonyl (C=O) groups is 1. The predicted octanol–water partition coefficient (Wildman–Crippen LogP) is 2.45. The van der Waals surface area contributed by atoms with E-state index < -0.39 is 22.0 Å². The molecule has 0 radical (unpaired) electrons. The number of ether oxygens (including phenoxy) is 1. The Morgan fingerprint density at radius 3 is 2.52 bits per heavy atom. The van der Waals surface area contributed by atoms with Crippen molar-refractivity contribution in [1.82, 2.24) is 4.72 Å². The number of nitrogens with one attached hydrogen (secondary N) is 1. The van der Waals surface area contributed by atoms with Crippen molar-refractivity contribution in [2.75, 3.05) is 7.11 Å². The van der Waals surface area contributed by atoms with Gasteiger partial charge in [0.1, 0.15) is 9.77 Å². The number of thiophene rings is 1. The van der Waals surface area contributed by atoms with Crippen molar-refractivity contribution in [1.29, 1.82) is 5.26 Å². The van der Waals surface area contributed by atoms with Crippen molar-refractivity contribution in [3.8, 4) is 6.07 Å². The minimum Gasteiger partial charge on any atom is -0.465 e. The zero-order valence-electron chi connectivity index (χ0n) is 12.4. The maximum Gasteiger partial charge on any atom is 0.349 e. The second-order valence-corrected chi connectivity index (χ2v) is 7.28. The van der Waals surface area contributed by atoms with E-state index in [1.165, 1.54) is 18.6 Å². The van der Waals surface area contributed by atoms with Gasteiger partial charge >= 0.3 is 5.97 Å². The molecule has 2 rings (SSSR count). The maximum absolute atomic E-state index is 12.5. The highest BCUT2D eigenvalue weighted by Crippen LogP contribution is 2.24. The van der Waals surface area contributed by atoms with Crippen LogP contribution in [0.2, 0.25) is 0 Å². The minimum atomic E-state index is -3.87. The molecular weight excluding hydrogens is 336 g/mol. The summed E-state index contributed by atoms with van der Waals surface area (Å²) in [6.45, 7) is 1.68. The molecule has 1 heterocycles. The lowest BCUT2D eigenvalue weighted by Crippen LogP contribution is -2.27. The third-order valence-corrected chi connectivity index (χ3v) is 5.77. The Morgan fingerprint density at radius 1 is 1.30 bits per heavy atom. The van der Waals surface area contributed by atoms with Gasteiger partial charge in [-0.1, -0.05) is 12.1 Å². The molecule has 23 heavy (non-hydrogen) atoms. The molecule has 0 aliphatic heterocycles. The fraction of sp³-hybridized carbons (Fsp3) is 0.200. The molecule has 0 bridgehead atoms. The first-order valence-corrected chi connectivity index (χ1v) is 8.93. The molecule has 1 aromatic carbocycles. The molecule has 1 atom stereocenters. The van der Waals surface area contributed by atoms with Crippen LogP contribution in [0.25, 0.3) is 0 Å². The fourth-order valence-corrected chi connectivity index (χ4v) is 4.53. The average Bonchev–Trinajstić information content (AvgIpc) is 3.04. The molecule has 1 unspecified atom stereocenters. The van der Waals surface area contributed by atoms with Crippen LogP contribution in [0.1, 0.15) is 33.8 Å². The Labute approximate surface area is 138 Å². The van der Waals surface area contributed by atoms with Crippen LogP contribution in [0.15, 0.2) is 40.6 Å². The largest absolute Gasteiger partial charge is 0.465 e. The van der Waals surface area contributed by atoms with Crippen LogP contribution in [0, 0.1) is 11.3 Å². The maximum atomic E-state index is 12.5.